The minimum atomic E-state index is -0.219. The number of carbonyl (C=O) groups excluding carboxylic acids is 1. The molecule has 0 unspecified atom stereocenters. The van der Waals surface area contributed by atoms with Gasteiger partial charge in [-0.15, -0.1) is 5.10 Å². The Morgan fingerprint density at radius 1 is 1.33 bits per heavy atom. The normalized spacial score (nSPS) is 10.4. The summed E-state index contributed by atoms with van der Waals surface area (Å²) in [7, 11) is 1.72. The van der Waals surface area contributed by atoms with Gasteiger partial charge in [-0.25, -0.2) is 4.98 Å². The summed E-state index contributed by atoms with van der Waals surface area (Å²) in [5, 5.41) is 6.53. The Morgan fingerprint density at radius 3 is 2.50 bits per heavy atom. The van der Waals surface area contributed by atoms with Crippen molar-refractivity contribution in [3.8, 4) is 0 Å². The molecule has 2 rings (SSSR count). The topological polar surface area (TPSA) is 61.9 Å². The highest BCUT2D eigenvalue weighted by Gasteiger charge is 2.17. The van der Waals surface area contributed by atoms with E-state index in [0.717, 1.165) is 12.1 Å². The van der Waals surface area contributed by atoms with Gasteiger partial charge in [0, 0.05) is 12.7 Å². The molecule has 0 saturated heterocycles. The highest BCUT2D eigenvalue weighted by molar-refractivity contribution is 6.03. The fourth-order valence-electron chi connectivity index (χ4n) is 1.66. The molecule has 0 aliphatic heterocycles. The van der Waals surface area contributed by atoms with Gasteiger partial charge in [-0.2, -0.15) is 0 Å². The van der Waals surface area contributed by atoms with Gasteiger partial charge in [0.25, 0.3) is 5.91 Å². The van der Waals surface area contributed by atoms with Crippen molar-refractivity contribution >= 4 is 11.6 Å². The van der Waals surface area contributed by atoms with Crippen molar-refractivity contribution in [2.24, 2.45) is 0 Å². The van der Waals surface area contributed by atoms with Crippen molar-refractivity contribution < 1.29 is 4.79 Å². The molecule has 0 aliphatic carbocycles. The van der Waals surface area contributed by atoms with E-state index in [1.807, 2.05) is 24.3 Å². The van der Waals surface area contributed by atoms with Gasteiger partial charge in [0.15, 0.2) is 0 Å². The summed E-state index contributed by atoms with van der Waals surface area (Å²) in [5.41, 5.74) is 2.08. The number of aromatic amines is 1. The van der Waals surface area contributed by atoms with E-state index in [4.69, 9.17) is 0 Å². The summed E-state index contributed by atoms with van der Waals surface area (Å²) in [5.74, 6) is 0.603. The first-order valence-electron chi connectivity index (χ1n) is 5.88. The number of aryl methyl sites for hydroxylation is 2. The molecule has 18 heavy (non-hydrogen) atoms. The van der Waals surface area contributed by atoms with Crippen molar-refractivity contribution in [1.29, 1.82) is 0 Å². The summed E-state index contributed by atoms with van der Waals surface area (Å²) in [4.78, 5) is 17.7. The molecule has 2 aromatic rings. The molecule has 0 spiro atoms. The van der Waals surface area contributed by atoms with Crippen LogP contribution in [0.25, 0.3) is 0 Å². The number of hydrogen-bond acceptors (Lipinski definition) is 3. The second-order valence-electron chi connectivity index (χ2n) is 4.13. The van der Waals surface area contributed by atoms with Gasteiger partial charge in [-0.1, -0.05) is 19.1 Å². The number of H-pyrrole nitrogens is 1. The molecular weight excluding hydrogens is 228 g/mol. The zero-order valence-electron chi connectivity index (χ0n) is 10.8. The Hall–Kier alpha value is -2.17. The van der Waals surface area contributed by atoms with Crippen LogP contribution >= 0.6 is 0 Å². The molecule has 1 N–H and O–H groups in total. The Kier molecular flexibility index (Phi) is 3.41. The van der Waals surface area contributed by atoms with E-state index in [9.17, 15) is 4.79 Å². The third kappa shape index (κ3) is 2.40. The third-order valence-corrected chi connectivity index (χ3v) is 2.83. The predicted molar refractivity (Wildman–Crippen MR) is 69.7 cm³/mol. The van der Waals surface area contributed by atoms with Crippen LogP contribution in [0.15, 0.2) is 24.3 Å². The number of anilines is 1. The van der Waals surface area contributed by atoms with Gasteiger partial charge < -0.3 is 4.90 Å². The fraction of sp³-hybridized carbons (Fsp3) is 0.308. The van der Waals surface area contributed by atoms with E-state index in [0.29, 0.717) is 5.82 Å². The standard InChI is InChI=1S/C13H16N4O/c1-4-10-5-7-11(8-6-10)17(3)13(18)12-14-9(2)15-16-12/h5-8H,4H2,1-3H3,(H,14,15,16). The summed E-state index contributed by atoms with van der Waals surface area (Å²) >= 11 is 0. The maximum atomic E-state index is 12.1. The number of nitrogens with zero attached hydrogens (tertiary/aromatic N) is 3. The van der Waals surface area contributed by atoms with Crippen molar-refractivity contribution in [1.82, 2.24) is 15.2 Å². The van der Waals surface area contributed by atoms with Gasteiger partial charge in [0.2, 0.25) is 5.82 Å². The number of hydrogen-bond donors (Lipinski definition) is 1. The SMILES string of the molecule is CCc1ccc(N(C)C(=O)c2n[nH]c(C)n2)cc1. The fourth-order valence-corrected chi connectivity index (χ4v) is 1.66. The average Bonchev–Trinajstić information content (AvgIpc) is 2.84. The molecule has 5 heteroatoms. The van der Waals surface area contributed by atoms with Crippen LogP contribution in [0.5, 0.6) is 0 Å². The third-order valence-electron chi connectivity index (χ3n) is 2.83. The summed E-state index contributed by atoms with van der Waals surface area (Å²) in [6, 6.07) is 7.89. The molecule has 1 aromatic carbocycles. The second kappa shape index (κ2) is 5.00. The van der Waals surface area contributed by atoms with E-state index in [1.54, 1.807) is 18.9 Å². The largest absolute Gasteiger partial charge is 0.309 e. The molecule has 0 radical (unpaired) electrons. The van der Waals surface area contributed by atoms with Gasteiger partial charge in [0.05, 0.1) is 0 Å². The first-order chi connectivity index (χ1) is 8.61. The van der Waals surface area contributed by atoms with Crippen LogP contribution in [0.3, 0.4) is 0 Å². The molecule has 0 atom stereocenters. The average molecular weight is 244 g/mol. The van der Waals surface area contributed by atoms with Crippen LogP contribution in [-0.2, 0) is 6.42 Å². The van der Waals surface area contributed by atoms with Gasteiger partial charge >= 0.3 is 0 Å². The van der Waals surface area contributed by atoms with Gasteiger partial charge in [-0.3, -0.25) is 9.89 Å². The molecule has 5 nitrogen and oxygen atoms in total. The van der Waals surface area contributed by atoms with Crippen molar-refractivity contribution in [3.05, 3.63) is 41.5 Å². The molecule has 1 aromatic heterocycles. The highest BCUT2D eigenvalue weighted by Crippen LogP contribution is 2.15. The zero-order valence-corrected chi connectivity index (χ0v) is 10.8. The molecular formula is C13H16N4O. The summed E-state index contributed by atoms with van der Waals surface area (Å²) in [6.07, 6.45) is 0.984. The van der Waals surface area contributed by atoms with Crippen LogP contribution in [0.1, 0.15) is 28.9 Å². The van der Waals surface area contributed by atoms with Crippen LogP contribution in [-0.4, -0.2) is 28.1 Å². The molecule has 0 fully saturated rings. The van der Waals surface area contributed by atoms with E-state index in [1.165, 1.54) is 5.56 Å². The number of rotatable bonds is 3. The Bertz CT molecular complexity index is 544. The number of carbonyl (C=O) groups is 1. The molecule has 1 heterocycles. The maximum absolute atomic E-state index is 12.1. The van der Waals surface area contributed by atoms with Crippen LogP contribution in [0, 0.1) is 6.92 Å². The second-order valence-corrected chi connectivity index (χ2v) is 4.13. The van der Waals surface area contributed by atoms with Crippen LogP contribution < -0.4 is 4.90 Å². The minimum Gasteiger partial charge on any atom is -0.309 e. The molecule has 0 aliphatic rings. The van der Waals surface area contributed by atoms with Crippen molar-refractivity contribution in [3.63, 3.8) is 0 Å². The lowest BCUT2D eigenvalue weighted by atomic mass is 10.1. The quantitative estimate of drug-likeness (QED) is 0.897. The minimum absolute atomic E-state index is 0.189. The van der Waals surface area contributed by atoms with Crippen LogP contribution in [0.4, 0.5) is 5.69 Å². The molecule has 0 saturated carbocycles. The smallest absolute Gasteiger partial charge is 0.297 e. The number of amides is 1. The number of aromatic nitrogens is 3. The van der Waals surface area contributed by atoms with Gasteiger partial charge in [0.1, 0.15) is 5.82 Å². The van der Waals surface area contributed by atoms with E-state index in [2.05, 4.69) is 22.1 Å². The Balaban J connectivity index is 2.19. The monoisotopic (exact) mass is 244 g/mol. The Morgan fingerprint density at radius 2 is 2.00 bits per heavy atom. The zero-order chi connectivity index (χ0) is 13.1. The lowest BCUT2D eigenvalue weighted by molar-refractivity contribution is 0.0983. The van der Waals surface area contributed by atoms with Crippen molar-refractivity contribution in [2.45, 2.75) is 20.3 Å². The highest BCUT2D eigenvalue weighted by atomic mass is 16.2. The van der Waals surface area contributed by atoms with E-state index < -0.39 is 0 Å². The summed E-state index contributed by atoms with van der Waals surface area (Å²) < 4.78 is 0. The molecule has 0 bridgehead atoms. The first kappa shape index (κ1) is 12.3. The first-order valence-corrected chi connectivity index (χ1v) is 5.88. The van der Waals surface area contributed by atoms with Gasteiger partial charge in [-0.05, 0) is 31.0 Å². The molecule has 94 valence electrons. The maximum Gasteiger partial charge on any atom is 0.297 e. The van der Waals surface area contributed by atoms with E-state index >= 15 is 0 Å². The number of nitrogens with one attached hydrogen (secondary N) is 1. The Labute approximate surface area is 106 Å². The van der Waals surface area contributed by atoms with Crippen molar-refractivity contribution in [2.75, 3.05) is 11.9 Å². The summed E-state index contributed by atoms with van der Waals surface area (Å²) in [6.45, 7) is 3.86. The lowest BCUT2D eigenvalue weighted by Crippen LogP contribution is -2.27. The van der Waals surface area contributed by atoms with Crippen LogP contribution in [0.2, 0.25) is 0 Å². The predicted octanol–water partition coefficient (Wildman–Crippen LogP) is 1.95. The lowest BCUT2D eigenvalue weighted by Gasteiger charge is -2.15. The molecule has 1 amide bonds. The van der Waals surface area contributed by atoms with E-state index in [-0.39, 0.29) is 11.7 Å². The number of benzene rings is 1.